The Morgan fingerprint density at radius 3 is 2.70 bits per heavy atom. The molecule has 0 saturated carbocycles. The van der Waals surface area contributed by atoms with Crippen LogP contribution in [0.25, 0.3) is 11.0 Å². The van der Waals surface area contributed by atoms with Crippen LogP contribution in [0, 0.1) is 13.8 Å². The summed E-state index contributed by atoms with van der Waals surface area (Å²) >= 11 is 0. The van der Waals surface area contributed by atoms with Gasteiger partial charge in [-0.05, 0) is 68.1 Å². The highest BCUT2D eigenvalue weighted by molar-refractivity contribution is 5.97. The van der Waals surface area contributed by atoms with E-state index in [1.54, 1.807) is 6.33 Å². The van der Waals surface area contributed by atoms with Crippen LogP contribution in [0.4, 0.5) is 0 Å². The van der Waals surface area contributed by atoms with Gasteiger partial charge in [0.25, 0.3) is 11.8 Å². The Balaban J connectivity index is 1.25. The molecule has 2 N–H and O–H groups in total. The molecule has 1 aromatic heterocycles. The molecule has 0 unspecified atom stereocenters. The van der Waals surface area contributed by atoms with Gasteiger partial charge in [-0.2, -0.15) is 0 Å². The number of aromatic nitrogens is 2. The maximum atomic E-state index is 12.8. The van der Waals surface area contributed by atoms with Gasteiger partial charge in [0, 0.05) is 24.7 Å². The third kappa shape index (κ3) is 4.45. The smallest absolute Gasteiger partial charge is 0.258 e. The topological polar surface area (TPSA) is 87.3 Å². The first-order valence-electron chi connectivity index (χ1n) is 10.2. The number of H-pyrrole nitrogens is 1. The minimum atomic E-state index is -0.136. The van der Waals surface area contributed by atoms with Crippen molar-refractivity contribution in [1.29, 1.82) is 0 Å². The maximum absolute atomic E-state index is 12.8. The number of amides is 2. The Bertz CT molecular complexity index is 1070. The summed E-state index contributed by atoms with van der Waals surface area (Å²) in [4.78, 5) is 34.1. The van der Waals surface area contributed by atoms with Crippen LogP contribution in [-0.4, -0.2) is 52.4 Å². The van der Waals surface area contributed by atoms with Crippen molar-refractivity contribution in [3.05, 3.63) is 59.4 Å². The van der Waals surface area contributed by atoms with Crippen molar-refractivity contribution in [2.45, 2.75) is 32.7 Å². The first-order chi connectivity index (χ1) is 14.5. The van der Waals surface area contributed by atoms with Gasteiger partial charge in [0.2, 0.25) is 0 Å². The van der Waals surface area contributed by atoms with Gasteiger partial charge in [0.1, 0.15) is 5.75 Å². The molecule has 2 aromatic carbocycles. The van der Waals surface area contributed by atoms with Gasteiger partial charge in [0.15, 0.2) is 6.61 Å². The normalized spacial score (nSPS) is 14.7. The number of nitrogens with zero attached hydrogens (tertiary/aromatic N) is 2. The lowest BCUT2D eigenvalue weighted by molar-refractivity contribution is -0.124. The second-order valence-corrected chi connectivity index (χ2v) is 7.80. The number of rotatable bonds is 5. The first-order valence-corrected chi connectivity index (χ1v) is 10.2. The number of aryl methyl sites for hydroxylation is 2. The van der Waals surface area contributed by atoms with Crippen molar-refractivity contribution in [3.63, 3.8) is 0 Å². The van der Waals surface area contributed by atoms with Gasteiger partial charge >= 0.3 is 0 Å². The summed E-state index contributed by atoms with van der Waals surface area (Å²) in [5.41, 5.74) is 4.67. The number of nitrogens with one attached hydrogen (secondary N) is 2. The molecule has 0 bridgehead atoms. The highest BCUT2D eigenvalue weighted by Gasteiger charge is 2.25. The predicted molar refractivity (Wildman–Crippen MR) is 115 cm³/mol. The molecule has 30 heavy (non-hydrogen) atoms. The zero-order valence-electron chi connectivity index (χ0n) is 17.3. The van der Waals surface area contributed by atoms with Crippen molar-refractivity contribution in [1.82, 2.24) is 20.2 Å². The van der Waals surface area contributed by atoms with Crippen LogP contribution in [0.3, 0.4) is 0 Å². The minimum absolute atomic E-state index is 0.00809. The van der Waals surface area contributed by atoms with Gasteiger partial charge in [-0.15, -0.1) is 0 Å². The minimum Gasteiger partial charge on any atom is -0.484 e. The SMILES string of the molecule is Cc1ccc(OCC(=O)NC2CCN(C(=O)c3ccc4nc[nH]c4c3)CC2)cc1C. The average Bonchev–Trinajstić information content (AvgIpc) is 3.22. The number of aromatic amines is 1. The molecule has 7 nitrogen and oxygen atoms in total. The summed E-state index contributed by atoms with van der Waals surface area (Å²) in [7, 11) is 0. The van der Waals surface area contributed by atoms with Gasteiger partial charge < -0.3 is 19.9 Å². The van der Waals surface area contributed by atoms with E-state index >= 15 is 0 Å². The first kappa shape index (κ1) is 19.9. The third-order valence-electron chi connectivity index (χ3n) is 5.66. The van der Waals surface area contributed by atoms with Crippen LogP contribution in [0.2, 0.25) is 0 Å². The van der Waals surface area contributed by atoms with E-state index in [9.17, 15) is 9.59 Å². The van der Waals surface area contributed by atoms with Crippen LogP contribution in [0.15, 0.2) is 42.7 Å². The van der Waals surface area contributed by atoms with E-state index in [1.807, 2.05) is 55.1 Å². The Morgan fingerprint density at radius 1 is 1.13 bits per heavy atom. The largest absolute Gasteiger partial charge is 0.484 e. The molecule has 0 aliphatic carbocycles. The van der Waals surface area contributed by atoms with E-state index < -0.39 is 0 Å². The number of piperidine rings is 1. The van der Waals surface area contributed by atoms with Crippen molar-refractivity contribution in [2.75, 3.05) is 19.7 Å². The van der Waals surface area contributed by atoms with Crippen molar-refractivity contribution >= 4 is 22.8 Å². The lowest BCUT2D eigenvalue weighted by Crippen LogP contribution is -2.47. The second kappa shape index (κ2) is 8.57. The molecule has 1 saturated heterocycles. The molecule has 2 amide bonds. The van der Waals surface area contributed by atoms with Crippen LogP contribution in [0.1, 0.15) is 34.3 Å². The van der Waals surface area contributed by atoms with Gasteiger partial charge in [0.05, 0.1) is 17.4 Å². The third-order valence-corrected chi connectivity index (χ3v) is 5.66. The number of hydrogen-bond acceptors (Lipinski definition) is 4. The molecule has 1 aliphatic rings. The highest BCUT2D eigenvalue weighted by atomic mass is 16.5. The van der Waals surface area contributed by atoms with Crippen molar-refractivity contribution in [3.8, 4) is 5.75 Å². The predicted octanol–water partition coefficient (Wildman–Crippen LogP) is 2.98. The second-order valence-electron chi connectivity index (χ2n) is 7.80. The van der Waals surface area contributed by atoms with Crippen molar-refractivity contribution < 1.29 is 14.3 Å². The van der Waals surface area contributed by atoms with Crippen LogP contribution >= 0.6 is 0 Å². The summed E-state index contributed by atoms with van der Waals surface area (Å²) in [5.74, 6) is 0.569. The number of carbonyl (C=O) groups is 2. The van der Waals surface area contributed by atoms with Crippen LogP contribution in [-0.2, 0) is 4.79 Å². The van der Waals surface area contributed by atoms with E-state index in [4.69, 9.17) is 4.74 Å². The summed E-state index contributed by atoms with van der Waals surface area (Å²) in [6.07, 6.45) is 3.08. The number of likely N-dealkylation sites (tertiary alicyclic amines) is 1. The standard InChI is InChI=1S/C23H26N4O3/c1-15-3-5-19(11-16(15)2)30-13-22(28)26-18-7-9-27(10-8-18)23(29)17-4-6-20-21(12-17)25-14-24-20/h3-6,11-12,14,18H,7-10,13H2,1-2H3,(H,24,25)(H,26,28). The molecule has 156 valence electrons. The number of imidazole rings is 1. The Hall–Kier alpha value is -3.35. The van der Waals surface area contributed by atoms with E-state index in [1.165, 1.54) is 5.56 Å². The van der Waals surface area contributed by atoms with E-state index in [2.05, 4.69) is 15.3 Å². The van der Waals surface area contributed by atoms with E-state index in [-0.39, 0.29) is 24.5 Å². The van der Waals surface area contributed by atoms with Gasteiger partial charge in [-0.25, -0.2) is 4.98 Å². The number of fused-ring (bicyclic) bond motifs is 1. The van der Waals surface area contributed by atoms with Crippen LogP contribution in [0.5, 0.6) is 5.75 Å². The lowest BCUT2D eigenvalue weighted by atomic mass is 10.0. The van der Waals surface area contributed by atoms with E-state index in [0.717, 1.165) is 29.4 Å². The molecule has 3 aromatic rings. The molecular weight excluding hydrogens is 380 g/mol. The quantitative estimate of drug-likeness (QED) is 0.682. The fourth-order valence-electron chi connectivity index (χ4n) is 3.70. The summed E-state index contributed by atoms with van der Waals surface area (Å²) in [5, 5.41) is 3.02. The number of hydrogen-bond donors (Lipinski definition) is 2. The van der Waals surface area contributed by atoms with Gasteiger partial charge in [-0.1, -0.05) is 6.07 Å². The molecular formula is C23H26N4O3. The monoisotopic (exact) mass is 406 g/mol. The molecule has 4 rings (SSSR count). The molecule has 1 aliphatic heterocycles. The lowest BCUT2D eigenvalue weighted by Gasteiger charge is -2.32. The Kier molecular flexibility index (Phi) is 5.70. The Morgan fingerprint density at radius 2 is 1.93 bits per heavy atom. The van der Waals surface area contributed by atoms with Gasteiger partial charge in [-0.3, -0.25) is 9.59 Å². The summed E-state index contributed by atoms with van der Waals surface area (Å²) in [6, 6.07) is 11.3. The fraction of sp³-hybridized carbons (Fsp3) is 0.348. The highest BCUT2D eigenvalue weighted by Crippen LogP contribution is 2.18. The number of benzene rings is 2. The molecule has 1 fully saturated rings. The zero-order valence-corrected chi connectivity index (χ0v) is 17.3. The molecule has 7 heteroatoms. The molecule has 0 radical (unpaired) electrons. The summed E-state index contributed by atoms with van der Waals surface area (Å²) in [6.45, 7) is 5.28. The van der Waals surface area contributed by atoms with Crippen LogP contribution < -0.4 is 10.1 Å². The fourth-order valence-corrected chi connectivity index (χ4v) is 3.70. The molecule has 0 atom stereocenters. The molecule has 0 spiro atoms. The Labute approximate surface area is 175 Å². The molecule has 2 heterocycles. The van der Waals surface area contributed by atoms with E-state index in [0.29, 0.717) is 24.4 Å². The zero-order chi connectivity index (χ0) is 21.1. The summed E-state index contributed by atoms with van der Waals surface area (Å²) < 4.78 is 5.61. The maximum Gasteiger partial charge on any atom is 0.258 e. The number of carbonyl (C=O) groups excluding carboxylic acids is 2. The number of ether oxygens (including phenoxy) is 1. The van der Waals surface area contributed by atoms with Crippen molar-refractivity contribution in [2.24, 2.45) is 0 Å². The average molecular weight is 406 g/mol.